The van der Waals surface area contributed by atoms with Crippen molar-refractivity contribution >= 4 is 45.8 Å². The third-order valence-electron chi connectivity index (χ3n) is 5.85. The largest absolute Gasteiger partial charge is 0.417 e. The number of rotatable bonds is 5. The SMILES string of the molecule is CC(=O)N1CCN(c2cccc(Nc3ncc(C)c(Nc4ccc5oc(=O)[nH]c5c4)n3)c2)CC1. The van der Waals surface area contributed by atoms with Gasteiger partial charge in [-0.1, -0.05) is 6.07 Å². The van der Waals surface area contributed by atoms with Crippen LogP contribution in [0.5, 0.6) is 0 Å². The Morgan fingerprint density at radius 2 is 1.85 bits per heavy atom. The van der Waals surface area contributed by atoms with Crippen LogP contribution < -0.4 is 21.3 Å². The van der Waals surface area contributed by atoms with Crippen molar-refractivity contribution in [2.45, 2.75) is 13.8 Å². The summed E-state index contributed by atoms with van der Waals surface area (Å²) in [6, 6.07) is 13.4. The summed E-state index contributed by atoms with van der Waals surface area (Å²) in [5.74, 6) is 0.748. The zero-order valence-corrected chi connectivity index (χ0v) is 19.0. The molecule has 10 heteroatoms. The lowest BCUT2D eigenvalue weighted by molar-refractivity contribution is -0.129. The highest BCUT2D eigenvalue weighted by Gasteiger charge is 2.19. The molecule has 2 aromatic heterocycles. The zero-order valence-electron chi connectivity index (χ0n) is 19.0. The first-order valence-electron chi connectivity index (χ1n) is 11.1. The molecule has 1 amide bonds. The van der Waals surface area contributed by atoms with Crippen LogP contribution in [0.3, 0.4) is 0 Å². The molecule has 4 aromatic rings. The minimum atomic E-state index is -0.486. The quantitative estimate of drug-likeness (QED) is 0.416. The van der Waals surface area contributed by atoms with Gasteiger partial charge in [0.2, 0.25) is 11.9 Å². The Bertz CT molecular complexity index is 1400. The van der Waals surface area contributed by atoms with E-state index in [1.807, 2.05) is 30.0 Å². The van der Waals surface area contributed by atoms with Crippen LogP contribution in [-0.4, -0.2) is 51.9 Å². The second kappa shape index (κ2) is 8.89. The number of carbonyl (C=O) groups excluding carboxylic acids is 1. The van der Waals surface area contributed by atoms with Crippen molar-refractivity contribution in [1.29, 1.82) is 0 Å². The first-order chi connectivity index (χ1) is 16.4. The minimum absolute atomic E-state index is 0.119. The number of hydrogen-bond acceptors (Lipinski definition) is 8. The van der Waals surface area contributed by atoms with Crippen molar-refractivity contribution in [1.82, 2.24) is 19.9 Å². The van der Waals surface area contributed by atoms with Gasteiger partial charge in [0.1, 0.15) is 5.82 Å². The minimum Gasteiger partial charge on any atom is -0.408 e. The summed E-state index contributed by atoms with van der Waals surface area (Å²) in [6.45, 7) is 6.57. The van der Waals surface area contributed by atoms with Crippen molar-refractivity contribution in [3.05, 3.63) is 64.8 Å². The van der Waals surface area contributed by atoms with Crippen LogP contribution in [-0.2, 0) is 4.79 Å². The van der Waals surface area contributed by atoms with Gasteiger partial charge >= 0.3 is 5.76 Å². The number of anilines is 5. The number of nitrogens with zero attached hydrogens (tertiary/aromatic N) is 4. The first-order valence-corrected chi connectivity index (χ1v) is 11.1. The number of aromatic amines is 1. The van der Waals surface area contributed by atoms with Crippen LogP contribution in [0.15, 0.2) is 57.9 Å². The Morgan fingerprint density at radius 1 is 1.06 bits per heavy atom. The van der Waals surface area contributed by atoms with Gasteiger partial charge in [0.05, 0.1) is 5.52 Å². The van der Waals surface area contributed by atoms with Crippen LogP contribution in [0.4, 0.5) is 28.8 Å². The van der Waals surface area contributed by atoms with E-state index in [2.05, 4.69) is 42.6 Å². The van der Waals surface area contributed by atoms with Crippen LogP contribution in [0, 0.1) is 6.92 Å². The molecule has 34 heavy (non-hydrogen) atoms. The van der Waals surface area contributed by atoms with Gasteiger partial charge in [-0.3, -0.25) is 9.78 Å². The molecule has 3 heterocycles. The van der Waals surface area contributed by atoms with E-state index < -0.39 is 5.76 Å². The van der Waals surface area contributed by atoms with E-state index in [1.54, 1.807) is 25.3 Å². The predicted molar refractivity (Wildman–Crippen MR) is 131 cm³/mol. The van der Waals surface area contributed by atoms with Crippen LogP contribution >= 0.6 is 0 Å². The standard InChI is InChI=1S/C24H25N7O3/c1-15-14-25-23(29-22(15)26-18-6-7-21-20(13-18)28-24(33)34-21)27-17-4-3-5-19(12-17)31-10-8-30(9-11-31)16(2)32/h3-7,12-14H,8-11H2,1-2H3,(H,28,33)(H2,25,26,27,29). The Morgan fingerprint density at radius 3 is 2.65 bits per heavy atom. The third-order valence-corrected chi connectivity index (χ3v) is 5.85. The lowest BCUT2D eigenvalue weighted by Gasteiger charge is -2.35. The van der Waals surface area contributed by atoms with Crippen molar-refractivity contribution in [2.75, 3.05) is 41.7 Å². The third kappa shape index (κ3) is 4.56. The average Bonchev–Trinajstić information content (AvgIpc) is 3.21. The van der Waals surface area contributed by atoms with E-state index in [-0.39, 0.29) is 5.91 Å². The van der Waals surface area contributed by atoms with E-state index in [4.69, 9.17) is 4.42 Å². The Balaban J connectivity index is 1.31. The summed E-state index contributed by atoms with van der Waals surface area (Å²) in [5, 5.41) is 6.56. The topological polar surface area (TPSA) is 119 Å². The molecule has 2 aromatic carbocycles. The van der Waals surface area contributed by atoms with Crippen molar-refractivity contribution in [3.8, 4) is 0 Å². The monoisotopic (exact) mass is 459 g/mol. The van der Waals surface area contributed by atoms with E-state index in [0.29, 0.717) is 22.9 Å². The number of oxazole rings is 1. The number of H-pyrrole nitrogens is 1. The van der Waals surface area contributed by atoms with Gasteiger partial charge < -0.3 is 24.9 Å². The van der Waals surface area contributed by atoms with E-state index in [9.17, 15) is 9.59 Å². The zero-order chi connectivity index (χ0) is 23.7. The molecule has 10 nitrogen and oxygen atoms in total. The fourth-order valence-corrected chi connectivity index (χ4v) is 3.98. The number of benzene rings is 2. The molecule has 0 radical (unpaired) electrons. The van der Waals surface area contributed by atoms with E-state index in [0.717, 1.165) is 48.8 Å². The fourth-order valence-electron chi connectivity index (χ4n) is 3.98. The Kier molecular flexibility index (Phi) is 5.62. The highest BCUT2D eigenvalue weighted by molar-refractivity contribution is 5.78. The van der Waals surface area contributed by atoms with Gasteiger partial charge in [-0.15, -0.1) is 0 Å². The number of hydrogen-bond donors (Lipinski definition) is 3. The molecule has 1 fully saturated rings. The second-order valence-corrected chi connectivity index (χ2v) is 8.24. The maximum atomic E-state index is 11.6. The van der Waals surface area contributed by atoms with Crippen molar-refractivity contribution in [2.24, 2.45) is 0 Å². The molecule has 1 aliphatic heterocycles. The summed E-state index contributed by atoms with van der Waals surface area (Å²) in [6.07, 6.45) is 1.75. The maximum Gasteiger partial charge on any atom is 0.417 e. The van der Waals surface area contributed by atoms with Gasteiger partial charge in [0, 0.05) is 61.9 Å². The number of amides is 1. The summed E-state index contributed by atoms with van der Waals surface area (Å²) < 4.78 is 5.06. The fraction of sp³-hybridized carbons (Fsp3) is 0.250. The van der Waals surface area contributed by atoms with E-state index >= 15 is 0 Å². The Hall–Kier alpha value is -4.34. The van der Waals surface area contributed by atoms with Crippen LogP contribution in [0.25, 0.3) is 11.1 Å². The molecule has 174 valence electrons. The molecular formula is C24H25N7O3. The Labute approximate surface area is 195 Å². The summed E-state index contributed by atoms with van der Waals surface area (Å²) in [4.78, 5) is 38.8. The first kappa shape index (κ1) is 21.5. The second-order valence-electron chi connectivity index (χ2n) is 8.24. The number of aromatic nitrogens is 3. The van der Waals surface area contributed by atoms with Gasteiger partial charge in [-0.2, -0.15) is 4.98 Å². The smallest absolute Gasteiger partial charge is 0.408 e. The molecule has 0 atom stereocenters. The number of fused-ring (bicyclic) bond motifs is 1. The molecule has 0 saturated carbocycles. The highest BCUT2D eigenvalue weighted by Crippen LogP contribution is 2.25. The number of piperazine rings is 1. The molecule has 0 bridgehead atoms. The van der Waals surface area contributed by atoms with Gasteiger partial charge in [-0.25, -0.2) is 9.78 Å². The molecular weight excluding hydrogens is 434 g/mol. The molecule has 3 N–H and O–H groups in total. The van der Waals surface area contributed by atoms with Gasteiger partial charge in [-0.05, 0) is 43.3 Å². The highest BCUT2D eigenvalue weighted by atomic mass is 16.4. The van der Waals surface area contributed by atoms with Crippen LogP contribution in [0.2, 0.25) is 0 Å². The molecule has 5 rings (SSSR count). The maximum absolute atomic E-state index is 11.6. The molecule has 0 aliphatic carbocycles. The van der Waals surface area contributed by atoms with E-state index in [1.165, 1.54) is 0 Å². The van der Waals surface area contributed by atoms with Gasteiger partial charge in [0.25, 0.3) is 0 Å². The normalized spacial score (nSPS) is 13.8. The number of nitrogens with one attached hydrogen (secondary N) is 3. The number of aryl methyl sites for hydroxylation is 1. The predicted octanol–water partition coefficient (Wildman–Crippen LogP) is 3.38. The van der Waals surface area contributed by atoms with Crippen LogP contribution in [0.1, 0.15) is 12.5 Å². The average molecular weight is 460 g/mol. The lowest BCUT2D eigenvalue weighted by Crippen LogP contribution is -2.48. The van der Waals surface area contributed by atoms with Gasteiger partial charge in [0.15, 0.2) is 5.58 Å². The number of carbonyl (C=O) groups is 1. The summed E-state index contributed by atoms with van der Waals surface area (Å²) in [7, 11) is 0. The molecule has 0 spiro atoms. The molecule has 0 unspecified atom stereocenters. The van der Waals surface area contributed by atoms with Crippen molar-refractivity contribution in [3.63, 3.8) is 0 Å². The summed E-state index contributed by atoms with van der Waals surface area (Å²) >= 11 is 0. The molecule has 1 saturated heterocycles. The summed E-state index contributed by atoms with van der Waals surface area (Å²) in [5.41, 5.74) is 4.72. The van der Waals surface area contributed by atoms with Crippen molar-refractivity contribution < 1.29 is 9.21 Å². The molecule has 1 aliphatic rings. The lowest BCUT2D eigenvalue weighted by atomic mass is 10.2.